The van der Waals surface area contributed by atoms with Crippen molar-refractivity contribution in [3.05, 3.63) is 27.5 Å². The van der Waals surface area contributed by atoms with Crippen molar-refractivity contribution >= 4 is 29.0 Å². The molecule has 0 atom stereocenters. The van der Waals surface area contributed by atoms with Crippen molar-refractivity contribution in [1.29, 1.82) is 0 Å². The van der Waals surface area contributed by atoms with E-state index in [9.17, 15) is 0 Å². The monoisotopic (exact) mass is 200 g/mol. The zero-order valence-electron chi connectivity index (χ0n) is 7.43. The van der Waals surface area contributed by atoms with Gasteiger partial charge in [0, 0.05) is 15.6 Å². The first-order chi connectivity index (χ1) is 5.76. The van der Waals surface area contributed by atoms with E-state index in [-0.39, 0.29) is 0 Å². The number of thiophene rings is 1. The SMILES string of the molecule is CCc1ccc(C=C(C)CCl)s1. The van der Waals surface area contributed by atoms with E-state index in [1.54, 1.807) is 0 Å². The highest BCUT2D eigenvalue weighted by Crippen LogP contribution is 2.19. The number of hydrogen-bond donors (Lipinski definition) is 0. The Hall–Kier alpha value is -0.270. The second kappa shape index (κ2) is 4.68. The van der Waals surface area contributed by atoms with Gasteiger partial charge in [0.05, 0.1) is 0 Å². The van der Waals surface area contributed by atoms with Crippen LogP contribution in [-0.2, 0) is 6.42 Å². The zero-order valence-corrected chi connectivity index (χ0v) is 9.00. The van der Waals surface area contributed by atoms with Crippen LogP contribution in [-0.4, -0.2) is 5.88 Å². The number of rotatable bonds is 3. The van der Waals surface area contributed by atoms with Crippen LogP contribution in [0.4, 0.5) is 0 Å². The molecular weight excluding hydrogens is 188 g/mol. The lowest BCUT2D eigenvalue weighted by Crippen LogP contribution is -1.73. The summed E-state index contributed by atoms with van der Waals surface area (Å²) in [5.41, 5.74) is 1.22. The summed E-state index contributed by atoms with van der Waals surface area (Å²) in [5, 5.41) is 0. The Kier molecular flexibility index (Phi) is 3.83. The van der Waals surface area contributed by atoms with E-state index >= 15 is 0 Å². The Balaban J connectivity index is 2.76. The van der Waals surface area contributed by atoms with Crippen molar-refractivity contribution in [2.45, 2.75) is 20.3 Å². The maximum atomic E-state index is 5.68. The van der Waals surface area contributed by atoms with Gasteiger partial charge in [-0.05, 0) is 31.6 Å². The van der Waals surface area contributed by atoms with Crippen LogP contribution in [0.5, 0.6) is 0 Å². The fourth-order valence-corrected chi connectivity index (χ4v) is 2.00. The summed E-state index contributed by atoms with van der Waals surface area (Å²) in [5.74, 6) is 0.624. The van der Waals surface area contributed by atoms with Gasteiger partial charge in [-0.3, -0.25) is 0 Å². The Labute approximate surface area is 82.9 Å². The third-order valence-electron chi connectivity index (χ3n) is 1.63. The molecule has 66 valence electrons. The molecule has 0 saturated carbocycles. The van der Waals surface area contributed by atoms with Crippen molar-refractivity contribution in [1.82, 2.24) is 0 Å². The largest absolute Gasteiger partial charge is 0.141 e. The normalized spacial score (nSPS) is 12.1. The second-order valence-electron chi connectivity index (χ2n) is 2.78. The van der Waals surface area contributed by atoms with E-state index in [0.29, 0.717) is 5.88 Å². The zero-order chi connectivity index (χ0) is 8.97. The topological polar surface area (TPSA) is 0 Å². The van der Waals surface area contributed by atoms with E-state index in [1.807, 2.05) is 11.3 Å². The van der Waals surface area contributed by atoms with Gasteiger partial charge < -0.3 is 0 Å². The third kappa shape index (κ3) is 2.65. The van der Waals surface area contributed by atoms with E-state index in [2.05, 4.69) is 32.1 Å². The molecule has 0 saturated heterocycles. The fraction of sp³-hybridized carbons (Fsp3) is 0.400. The molecule has 0 bridgehead atoms. The van der Waals surface area contributed by atoms with Crippen molar-refractivity contribution in [2.24, 2.45) is 0 Å². The van der Waals surface area contributed by atoms with Crippen LogP contribution in [0, 0.1) is 0 Å². The highest BCUT2D eigenvalue weighted by Gasteiger charge is 1.95. The molecule has 1 aromatic rings. The number of alkyl halides is 1. The van der Waals surface area contributed by atoms with Gasteiger partial charge in [0.1, 0.15) is 0 Å². The average Bonchev–Trinajstić information content (AvgIpc) is 2.52. The van der Waals surface area contributed by atoms with Gasteiger partial charge >= 0.3 is 0 Å². The van der Waals surface area contributed by atoms with Crippen LogP contribution in [0.2, 0.25) is 0 Å². The van der Waals surface area contributed by atoms with Crippen LogP contribution in [0.1, 0.15) is 23.6 Å². The molecule has 0 fully saturated rings. The molecule has 0 aliphatic carbocycles. The number of allylic oxidation sites excluding steroid dienone is 1. The fourth-order valence-electron chi connectivity index (χ4n) is 0.944. The lowest BCUT2D eigenvalue weighted by Gasteiger charge is -1.90. The van der Waals surface area contributed by atoms with Crippen molar-refractivity contribution in [3.63, 3.8) is 0 Å². The van der Waals surface area contributed by atoms with Gasteiger partial charge in [-0.1, -0.05) is 12.5 Å². The van der Waals surface area contributed by atoms with Crippen LogP contribution < -0.4 is 0 Å². The van der Waals surface area contributed by atoms with E-state index in [0.717, 1.165) is 6.42 Å². The molecule has 0 nitrogen and oxygen atoms in total. The third-order valence-corrected chi connectivity index (χ3v) is 3.23. The van der Waals surface area contributed by atoms with Crippen LogP contribution in [0.15, 0.2) is 17.7 Å². The quantitative estimate of drug-likeness (QED) is 0.649. The summed E-state index contributed by atoms with van der Waals surface area (Å²) in [6, 6.07) is 4.33. The molecule has 0 aliphatic heterocycles. The highest BCUT2D eigenvalue weighted by molar-refractivity contribution is 7.12. The first kappa shape index (κ1) is 9.82. The summed E-state index contributed by atoms with van der Waals surface area (Å²) in [4.78, 5) is 2.74. The Morgan fingerprint density at radius 2 is 2.33 bits per heavy atom. The van der Waals surface area contributed by atoms with Gasteiger partial charge in [0.25, 0.3) is 0 Å². The minimum absolute atomic E-state index is 0.624. The van der Waals surface area contributed by atoms with Gasteiger partial charge in [0.15, 0.2) is 0 Å². The molecule has 12 heavy (non-hydrogen) atoms. The number of aryl methyl sites for hydroxylation is 1. The summed E-state index contributed by atoms with van der Waals surface area (Å²) in [6.07, 6.45) is 3.27. The minimum atomic E-state index is 0.624. The molecule has 1 heterocycles. The van der Waals surface area contributed by atoms with Crippen molar-refractivity contribution in [2.75, 3.05) is 5.88 Å². The predicted octanol–water partition coefficient (Wildman–Crippen LogP) is 3.95. The molecule has 0 aliphatic rings. The molecule has 0 N–H and O–H groups in total. The van der Waals surface area contributed by atoms with Crippen molar-refractivity contribution < 1.29 is 0 Å². The smallest absolute Gasteiger partial charge is 0.0434 e. The van der Waals surface area contributed by atoms with Gasteiger partial charge in [0.2, 0.25) is 0 Å². The molecule has 1 rings (SSSR count). The molecule has 0 amide bonds. The minimum Gasteiger partial charge on any atom is -0.141 e. The summed E-state index contributed by atoms with van der Waals surface area (Å²) < 4.78 is 0. The lowest BCUT2D eigenvalue weighted by molar-refractivity contribution is 1.19. The highest BCUT2D eigenvalue weighted by atomic mass is 35.5. The Morgan fingerprint density at radius 3 is 2.83 bits per heavy atom. The first-order valence-electron chi connectivity index (χ1n) is 4.08. The molecular formula is C10H13ClS. The molecule has 0 unspecified atom stereocenters. The van der Waals surface area contributed by atoms with Crippen LogP contribution in [0.3, 0.4) is 0 Å². The van der Waals surface area contributed by atoms with Crippen LogP contribution in [0.25, 0.3) is 6.08 Å². The predicted molar refractivity (Wildman–Crippen MR) is 58.1 cm³/mol. The summed E-state index contributed by atoms with van der Waals surface area (Å²) >= 11 is 7.52. The second-order valence-corrected chi connectivity index (χ2v) is 4.25. The molecule has 1 aromatic heterocycles. The maximum Gasteiger partial charge on any atom is 0.0434 e. The molecule has 0 spiro atoms. The standard InChI is InChI=1S/C10H13ClS/c1-3-9-4-5-10(12-9)6-8(2)7-11/h4-6H,3,7H2,1-2H3. The molecule has 2 heteroatoms. The van der Waals surface area contributed by atoms with E-state index in [1.165, 1.54) is 15.3 Å². The lowest BCUT2D eigenvalue weighted by atomic mass is 10.3. The number of hydrogen-bond acceptors (Lipinski definition) is 1. The van der Waals surface area contributed by atoms with Crippen molar-refractivity contribution in [3.8, 4) is 0 Å². The van der Waals surface area contributed by atoms with Gasteiger partial charge in [-0.25, -0.2) is 0 Å². The van der Waals surface area contributed by atoms with Gasteiger partial charge in [-0.2, -0.15) is 0 Å². The Bertz CT molecular complexity index is 273. The van der Waals surface area contributed by atoms with Crippen LogP contribution >= 0.6 is 22.9 Å². The Morgan fingerprint density at radius 1 is 1.58 bits per heavy atom. The maximum absolute atomic E-state index is 5.68. The summed E-state index contributed by atoms with van der Waals surface area (Å²) in [6.45, 7) is 4.23. The van der Waals surface area contributed by atoms with Gasteiger partial charge in [-0.15, -0.1) is 22.9 Å². The number of halogens is 1. The summed E-state index contributed by atoms with van der Waals surface area (Å²) in [7, 11) is 0. The first-order valence-corrected chi connectivity index (χ1v) is 5.43. The average molecular weight is 201 g/mol. The molecule has 0 radical (unpaired) electrons. The van der Waals surface area contributed by atoms with E-state index < -0.39 is 0 Å². The van der Waals surface area contributed by atoms with E-state index in [4.69, 9.17) is 11.6 Å². The molecule has 0 aromatic carbocycles.